The number of ether oxygens (including phenoxy) is 1. The van der Waals surface area contributed by atoms with Gasteiger partial charge in [0, 0.05) is 28.1 Å². The molecule has 0 radical (unpaired) electrons. The molecule has 0 saturated heterocycles. The summed E-state index contributed by atoms with van der Waals surface area (Å²) in [6.45, 7) is 0. The van der Waals surface area contributed by atoms with Gasteiger partial charge in [-0.1, -0.05) is 49.1 Å². The molecule has 2 heterocycles. The first kappa shape index (κ1) is 27.9. The van der Waals surface area contributed by atoms with E-state index in [4.69, 9.17) is 16.3 Å². The van der Waals surface area contributed by atoms with E-state index in [1.54, 1.807) is 12.3 Å². The zero-order chi connectivity index (χ0) is 26.9. The number of nitrogens with one attached hydrogen (secondary N) is 3. The first-order valence-corrected chi connectivity index (χ1v) is 13.8. The van der Waals surface area contributed by atoms with Gasteiger partial charge in [0.15, 0.2) is 11.6 Å². The predicted molar refractivity (Wildman–Crippen MR) is 156 cm³/mol. The Kier molecular flexibility index (Phi) is 9.98. The van der Waals surface area contributed by atoms with Crippen LogP contribution >= 0.6 is 23.5 Å². The van der Waals surface area contributed by atoms with Gasteiger partial charge in [0.05, 0.1) is 17.6 Å². The number of rotatable bonds is 7. The topological polar surface area (TPSA) is 84.0 Å². The van der Waals surface area contributed by atoms with Crippen LogP contribution in [0.25, 0.3) is 22.0 Å². The van der Waals surface area contributed by atoms with Crippen molar-refractivity contribution in [2.24, 2.45) is 0 Å². The van der Waals surface area contributed by atoms with Crippen molar-refractivity contribution in [3.8, 4) is 17.0 Å². The van der Waals surface area contributed by atoms with Crippen molar-refractivity contribution < 1.29 is 9.13 Å². The van der Waals surface area contributed by atoms with Crippen LogP contribution in [0.5, 0.6) is 5.88 Å². The molecule has 1 fully saturated rings. The molecule has 5 rings (SSSR count). The maximum absolute atomic E-state index is 15.0. The predicted octanol–water partition coefficient (Wildman–Crippen LogP) is 7.19. The summed E-state index contributed by atoms with van der Waals surface area (Å²) < 4.78 is 23.4. The molecule has 1 aliphatic carbocycles. The lowest BCUT2D eigenvalue weighted by Gasteiger charge is -2.22. The number of aromatic nitrogens is 3. The Labute approximate surface area is 232 Å². The lowest BCUT2D eigenvalue weighted by molar-refractivity contribution is 0.399. The van der Waals surface area contributed by atoms with Gasteiger partial charge in [-0.3, -0.25) is 0 Å². The minimum atomic E-state index is -0.497. The number of hydrogen-bond donors (Lipinski definition) is 3. The van der Waals surface area contributed by atoms with Gasteiger partial charge in [-0.2, -0.15) is 4.98 Å². The molecule has 0 amide bonds. The fraction of sp³-hybridized carbons (Fsp3) is 0.321. The average Bonchev–Trinajstić information content (AvgIpc) is 2.94. The van der Waals surface area contributed by atoms with Crippen LogP contribution in [-0.4, -0.2) is 42.2 Å². The first-order valence-electron chi connectivity index (χ1n) is 12.6. The van der Waals surface area contributed by atoms with Gasteiger partial charge in [0.1, 0.15) is 0 Å². The first-order chi connectivity index (χ1) is 18.5. The summed E-state index contributed by atoms with van der Waals surface area (Å²) in [6.07, 6.45) is 7.89. The third-order valence-electron chi connectivity index (χ3n) is 6.06. The van der Waals surface area contributed by atoms with E-state index in [2.05, 4.69) is 30.3 Å². The monoisotopic (exact) mass is 554 g/mol. The molecule has 0 aliphatic heterocycles. The van der Waals surface area contributed by atoms with Crippen molar-refractivity contribution in [3.05, 3.63) is 65.6 Å². The van der Waals surface area contributed by atoms with E-state index in [9.17, 15) is 4.39 Å². The molecule has 10 heteroatoms. The zero-order valence-electron chi connectivity index (χ0n) is 21.7. The zero-order valence-corrected chi connectivity index (χ0v) is 23.3. The highest BCUT2D eigenvalue weighted by atomic mass is 35.5. The number of halogens is 2. The highest BCUT2D eigenvalue weighted by Gasteiger charge is 2.17. The molecule has 4 aromatic rings. The van der Waals surface area contributed by atoms with E-state index in [0.717, 1.165) is 34.2 Å². The van der Waals surface area contributed by atoms with Gasteiger partial charge in [-0.25, -0.2) is 14.4 Å². The van der Waals surface area contributed by atoms with Gasteiger partial charge in [0.2, 0.25) is 11.8 Å². The number of hydrogen-bond acceptors (Lipinski definition) is 8. The van der Waals surface area contributed by atoms with Crippen molar-refractivity contribution in [2.45, 2.75) is 43.0 Å². The van der Waals surface area contributed by atoms with Crippen LogP contribution in [0, 0.1) is 5.82 Å². The van der Waals surface area contributed by atoms with E-state index in [1.807, 2.05) is 50.5 Å². The second-order valence-corrected chi connectivity index (χ2v) is 10.2. The standard InChI is InChI=1S/C26H25ClFN5OS.C2H7N/c1-34-25-19(14-21(28)24(32-25)33-35-23-10-6-5-9-20(23)27)16-11-12-22-17(13-16)15-29-26(31-22)30-18-7-3-2-4-8-18;1-3-2/h5-6,9-15,18H,2-4,7-8H2,1H3,(H,32,33)(H,29,30,31);3H,1-2H3. The summed E-state index contributed by atoms with van der Waals surface area (Å²) in [6, 6.07) is 14.9. The van der Waals surface area contributed by atoms with E-state index < -0.39 is 5.82 Å². The minimum Gasteiger partial charge on any atom is -0.480 e. The van der Waals surface area contributed by atoms with E-state index in [-0.39, 0.29) is 5.82 Å². The molecule has 0 atom stereocenters. The molecule has 38 heavy (non-hydrogen) atoms. The average molecular weight is 555 g/mol. The van der Waals surface area contributed by atoms with Crippen LogP contribution in [0.3, 0.4) is 0 Å². The Morgan fingerprint density at radius 2 is 1.79 bits per heavy atom. The Hall–Kier alpha value is -3.14. The minimum absolute atomic E-state index is 0.0677. The summed E-state index contributed by atoms with van der Waals surface area (Å²) >= 11 is 7.37. The SMILES string of the molecule is CNC.COc1nc(NSc2ccccc2Cl)c(F)cc1-c1ccc2nc(NC3CCCCC3)ncc2c1. The number of nitrogens with zero attached hydrogens (tertiary/aromatic N) is 3. The maximum Gasteiger partial charge on any atom is 0.223 e. The van der Waals surface area contributed by atoms with Crippen molar-refractivity contribution in [3.63, 3.8) is 0 Å². The smallest absolute Gasteiger partial charge is 0.223 e. The number of fused-ring (bicyclic) bond motifs is 1. The molecule has 200 valence electrons. The maximum atomic E-state index is 15.0. The largest absolute Gasteiger partial charge is 0.480 e. The van der Waals surface area contributed by atoms with Crippen molar-refractivity contribution >= 4 is 46.2 Å². The van der Waals surface area contributed by atoms with Gasteiger partial charge in [0.25, 0.3) is 0 Å². The Morgan fingerprint density at radius 1 is 1.03 bits per heavy atom. The van der Waals surface area contributed by atoms with Crippen LogP contribution in [0.15, 0.2) is 59.6 Å². The van der Waals surface area contributed by atoms with Gasteiger partial charge in [-0.05, 0) is 74.8 Å². The summed E-state index contributed by atoms with van der Waals surface area (Å²) in [5.74, 6) is 0.528. The third kappa shape index (κ3) is 7.03. The normalized spacial score (nSPS) is 13.5. The lowest BCUT2D eigenvalue weighted by Crippen LogP contribution is -2.23. The van der Waals surface area contributed by atoms with Crippen molar-refractivity contribution in [1.82, 2.24) is 20.3 Å². The molecular weight excluding hydrogens is 523 g/mol. The van der Waals surface area contributed by atoms with Crippen LogP contribution in [0.4, 0.5) is 16.2 Å². The molecule has 1 aliphatic rings. The second-order valence-electron chi connectivity index (χ2n) is 8.96. The van der Waals surface area contributed by atoms with Crippen LogP contribution in [0.2, 0.25) is 5.02 Å². The molecule has 0 bridgehead atoms. The Balaban J connectivity index is 0.00000107. The molecule has 3 N–H and O–H groups in total. The Morgan fingerprint density at radius 3 is 2.53 bits per heavy atom. The number of anilines is 2. The molecule has 1 saturated carbocycles. The fourth-order valence-electron chi connectivity index (χ4n) is 4.24. The molecule has 0 spiro atoms. The van der Waals surface area contributed by atoms with Crippen LogP contribution < -0.4 is 20.1 Å². The number of benzene rings is 2. The summed E-state index contributed by atoms with van der Waals surface area (Å²) in [5.41, 5.74) is 2.14. The van der Waals surface area contributed by atoms with Gasteiger partial charge in [-0.15, -0.1) is 0 Å². The quantitative estimate of drug-likeness (QED) is 0.207. The third-order valence-corrected chi connectivity index (χ3v) is 7.37. The van der Waals surface area contributed by atoms with Gasteiger partial charge >= 0.3 is 0 Å². The molecule has 2 aromatic heterocycles. The molecule has 7 nitrogen and oxygen atoms in total. The van der Waals surface area contributed by atoms with Crippen molar-refractivity contribution in [2.75, 3.05) is 31.2 Å². The molecular formula is C28H32ClFN6OS. The lowest BCUT2D eigenvalue weighted by atomic mass is 9.96. The van der Waals surface area contributed by atoms with E-state index >= 15 is 0 Å². The summed E-state index contributed by atoms with van der Waals surface area (Å²) in [7, 11) is 5.27. The van der Waals surface area contributed by atoms with Crippen LogP contribution in [-0.2, 0) is 0 Å². The van der Waals surface area contributed by atoms with E-state index in [1.165, 1.54) is 44.4 Å². The number of pyridine rings is 1. The van der Waals surface area contributed by atoms with Crippen molar-refractivity contribution in [1.29, 1.82) is 0 Å². The molecule has 2 aromatic carbocycles. The van der Waals surface area contributed by atoms with E-state index in [0.29, 0.717) is 28.5 Å². The summed E-state index contributed by atoms with van der Waals surface area (Å²) in [5, 5.41) is 7.64. The number of methoxy groups -OCH3 is 1. The highest BCUT2D eigenvalue weighted by Crippen LogP contribution is 2.35. The van der Waals surface area contributed by atoms with Gasteiger partial charge < -0.3 is 20.1 Å². The fourth-order valence-corrected chi connectivity index (χ4v) is 5.15. The van der Waals surface area contributed by atoms with Crippen LogP contribution in [0.1, 0.15) is 32.1 Å². The highest BCUT2D eigenvalue weighted by molar-refractivity contribution is 8.00. The molecule has 0 unspecified atom stereocenters. The summed E-state index contributed by atoms with van der Waals surface area (Å²) in [4.78, 5) is 14.3. The second kappa shape index (κ2) is 13.6. The Bertz CT molecular complexity index is 1370.